The molecule has 6 heteroatoms. The predicted molar refractivity (Wildman–Crippen MR) is 141 cm³/mol. The number of benzene rings is 2. The van der Waals surface area contributed by atoms with Crippen LogP contribution in [0.2, 0.25) is 0 Å². The lowest BCUT2D eigenvalue weighted by molar-refractivity contribution is -0.141. The first-order valence-corrected chi connectivity index (χ1v) is 12.9. The van der Waals surface area contributed by atoms with E-state index >= 15 is 0 Å². The predicted octanol–water partition coefficient (Wildman–Crippen LogP) is 5.45. The minimum atomic E-state index is -0.517. The lowest BCUT2D eigenvalue weighted by Crippen LogP contribution is -2.50. The summed E-state index contributed by atoms with van der Waals surface area (Å²) in [6, 6.07) is 13.5. The highest BCUT2D eigenvalue weighted by Gasteiger charge is 2.29. The number of nitrogens with zero attached hydrogens (tertiary/aromatic N) is 1. The summed E-state index contributed by atoms with van der Waals surface area (Å²) >= 11 is 0. The Morgan fingerprint density at radius 1 is 0.886 bits per heavy atom. The smallest absolute Gasteiger partial charge is 0.243 e. The maximum atomic E-state index is 13.5. The van der Waals surface area contributed by atoms with Gasteiger partial charge in [0.25, 0.3) is 0 Å². The highest BCUT2D eigenvalue weighted by Crippen LogP contribution is 2.29. The van der Waals surface area contributed by atoms with Crippen molar-refractivity contribution < 1.29 is 19.1 Å². The Hall–Kier alpha value is -3.02. The molecule has 0 aliphatic heterocycles. The maximum Gasteiger partial charge on any atom is 0.243 e. The van der Waals surface area contributed by atoms with E-state index in [4.69, 9.17) is 9.47 Å². The molecule has 2 aromatic rings. The van der Waals surface area contributed by atoms with Crippen LogP contribution in [-0.4, -0.2) is 42.0 Å². The zero-order valence-corrected chi connectivity index (χ0v) is 22.2. The molecule has 2 aromatic carbocycles. The van der Waals surface area contributed by atoms with E-state index < -0.39 is 6.04 Å². The van der Waals surface area contributed by atoms with Crippen LogP contribution in [0.25, 0.3) is 0 Å². The summed E-state index contributed by atoms with van der Waals surface area (Å²) < 4.78 is 11.4. The lowest BCUT2D eigenvalue weighted by atomic mass is 10.0. The topological polar surface area (TPSA) is 67.9 Å². The van der Waals surface area contributed by atoms with Crippen LogP contribution in [0, 0.1) is 6.92 Å². The standard InChI is InChI=1S/C29H42N2O4/c1-7-22(6)30-29(33)25(8-2)31(20-24-13-11-21(5)12-14-24)28(32)18-16-23-15-17-26(34-9-3)27(19-23)35-10-4/h11-15,17,19,22,25H,7-10,16,18,20H2,1-6H3,(H,30,33)/t22-,25-/m1/s1. The highest BCUT2D eigenvalue weighted by molar-refractivity contribution is 5.88. The quantitative estimate of drug-likeness (QED) is 0.389. The Balaban J connectivity index is 2.23. The lowest BCUT2D eigenvalue weighted by Gasteiger charge is -2.31. The summed E-state index contributed by atoms with van der Waals surface area (Å²) in [5.74, 6) is 1.26. The molecule has 192 valence electrons. The van der Waals surface area contributed by atoms with Gasteiger partial charge in [-0.3, -0.25) is 9.59 Å². The third kappa shape index (κ3) is 8.61. The normalized spacial score (nSPS) is 12.5. The molecule has 2 atom stereocenters. The minimum Gasteiger partial charge on any atom is -0.490 e. The van der Waals surface area contributed by atoms with Crippen molar-refractivity contribution in [3.8, 4) is 11.5 Å². The molecule has 6 nitrogen and oxygen atoms in total. The van der Waals surface area contributed by atoms with E-state index in [1.807, 2.05) is 84.0 Å². The summed E-state index contributed by atoms with van der Waals surface area (Å²) in [6.07, 6.45) is 2.25. The summed E-state index contributed by atoms with van der Waals surface area (Å²) in [5, 5.41) is 3.06. The molecule has 2 amide bonds. The molecule has 0 aromatic heterocycles. The van der Waals surface area contributed by atoms with Crippen LogP contribution in [0.15, 0.2) is 42.5 Å². The average Bonchev–Trinajstić information content (AvgIpc) is 2.85. The van der Waals surface area contributed by atoms with Crippen LogP contribution >= 0.6 is 0 Å². The number of ether oxygens (including phenoxy) is 2. The van der Waals surface area contributed by atoms with E-state index in [2.05, 4.69) is 5.32 Å². The van der Waals surface area contributed by atoms with Gasteiger partial charge in [0.05, 0.1) is 13.2 Å². The van der Waals surface area contributed by atoms with Crippen LogP contribution in [0.3, 0.4) is 0 Å². The number of aryl methyl sites for hydroxylation is 2. The third-order valence-electron chi connectivity index (χ3n) is 6.10. The van der Waals surface area contributed by atoms with Gasteiger partial charge in [0.2, 0.25) is 11.8 Å². The van der Waals surface area contributed by atoms with Gasteiger partial charge in [-0.25, -0.2) is 0 Å². The fourth-order valence-corrected chi connectivity index (χ4v) is 3.90. The number of carbonyl (C=O) groups is 2. The van der Waals surface area contributed by atoms with Gasteiger partial charge in [0.1, 0.15) is 6.04 Å². The Kier molecular flexibility index (Phi) is 11.6. The second-order valence-electron chi connectivity index (χ2n) is 8.90. The number of carbonyl (C=O) groups excluding carboxylic acids is 2. The Bertz CT molecular complexity index is 942. The first kappa shape index (κ1) is 28.2. The molecular weight excluding hydrogens is 440 g/mol. The Labute approximate surface area is 211 Å². The van der Waals surface area contributed by atoms with Gasteiger partial charge in [0, 0.05) is 19.0 Å². The number of hydrogen-bond acceptors (Lipinski definition) is 4. The first-order valence-electron chi connectivity index (χ1n) is 12.9. The van der Waals surface area contributed by atoms with Crippen LogP contribution in [0.4, 0.5) is 0 Å². The van der Waals surface area contributed by atoms with Crippen molar-refractivity contribution in [1.82, 2.24) is 10.2 Å². The SMILES string of the molecule is CCOc1ccc(CCC(=O)N(Cc2ccc(C)cc2)[C@H](CC)C(=O)N[C@H](C)CC)cc1OCC. The average molecular weight is 483 g/mol. The Morgan fingerprint density at radius 2 is 1.51 bits per heavy atom. The molecule has 35 heavy (non-hydrogen) atoms. The largest absolute Gasteiger partial charge is 0.490 e. The van der Waals surface area contributed by atoms with Crippen LogP contribution in [-0.2, 0) is 22.6 Å². The first-order chi connectivity index (χ1) is 16.8. The summed E-state index contributed by atoms with van der Waals surface area (Å²) in [7, 11) is 0. The summed E-state index contributed by atoms with van der Waals surface area (Å²) in [6.45, 7) is 13.4. The number of amides is 2. The van der Waals surface area contributed by atoms with E-state index in [0.29, 0.717) is 50.5 Å². The van der Waals surface area contributed by atoms with Crippen molar-refractivity contribution in [2.24, 2.45) is 0 Å². The molecule has 0 spiro atoms. The third-order valence-corrected chi connectivity index (χ3v) is 6.10. The zero-order chi connectivity index (χ0) is 25.8. The summed E-state index contributed by atoms with van der Waals surface area (Å²) in [5.41, 5.74) is 3.17. The zero-order valence-electron chi connectivity index (χ0n) is 22.2. The number of rotatable bonds is 14. The van der Waals surface area contributed by atoms with Crippen molar-refractivity contribution in [1.29, 1.82) is 0 Å². The number of nitrogens with one attached hydrogen (secondary N) is 1. The van der Waals surface area contributed by atoms with Crippen molar-refractivity contribution in [3.05, 3.63) is 59.2 Å². The van der Waals surface area contributed by atoms with Crippen LogP contribution < -0.4 is 14.8 Å². The molecule has 0 radical (unpaired) electrons. The summed E-state index contributed by atoms with van der Waals surface area (Å²) in [4.78, 5) is 28.3. The molecule has 0 unspecified atom stereocenters. The molecule has 2 rings (SSSR count). The fourth-order valence-electron chi connectivity index (χ4n) is 3.90. The molecule has 0 bridgehead atoms. The van der Waals surface area contributed by atoms with Gasteiger partial charge >= 0.3 is 0 Å². The molecular formula is C29H42N2O4. The van der Waals surface area contributed by atoms with Crippen molar-refractivity contribution in [3.63, 3.8) is 0 Å². The van der Waals surface area contributed by atoms with E-state index in [-0.39, 0.29) is 17.9 Å². The van der Waals surface area contributed by atoms with Crippen molar-refractivity contribution in [2.75, 3.05) is 13.2 Å². The van der Waals surface area contributed by atoms with Gasteiger partial charge in [0.15, 0.2) is 11.5 Å². The van der Waals surface area contributed by atoms with E-state index in [1.54, 1.807) is 4.90 Å². The molecule has 0 saturated carbocycles. The molecule has 0 saturated heterocycles. The van der Waals surface area contributed by atoms with E-state index in [9.17, 15) is 9.59 Å². The highest BCUT2D eigenvalue weighted by atomic mass is 16.5. The molecule has 0 fully saturated rings. The minimum absolute atomic E-state index is 0.0384. The molecule has 0 aliphatic carbocycles. The second kappa shape index (κ2) is 14.4. The van der Waals surface area contributed by atoms with E-state index in [0.717, 1.165) is 23.1 Å². The number of hydrogen-bond donors (Lipinski definition) is 1. The monoisotopic (exact) mass is 482 g/mol. The molecule has 0 aliphatic rings. The van der Waals surface area contributed by atoms with Gasteiger partial charge in [-0.1, -0.05) is 49.7 Å². The van der Waals surface area contributed by atoms with Crippen molar-refractivity contribution in [2.45, 2.75) is 85.9 Å². The van der Waals surface area contributed by atoms with Gasteiger partial charge in [-0.05, 0) is 70.2 Å². The van der Waals surface area contributed by atoms with Gasteiger partial charge in [-0.2, -0.15) is 0 Å². The van der Waals surface area contributed by atoms with Crippen LogP contribution in [0.1, 0.15) is 70.6 Å². The van der Waals surface area contributed by atoms with Crippen molar-refractivity contribution >= 4 is 11.8 Å². The molecule has 0 heterocycles. The Morgan fingerprint density at radius 3 is 2.11 bits per heavy atom. The van der Waals surface area contributed by atoms with Gasteiger partial charge in [-0.15, -0.1) is 0 Å². The van der Waals surface area contributed by atoms with Crippen LogP contribution in [0.5, 0.6) is 11.5 Å². The molecule has 1 N–H and O–H groups in total. The van der Waals surface area contributed by atoms with Gasteiger partial charge < -0.3 is 19.7 Å². The fraction of sp³-hybridized carbons (Fsp3) is 0.517. The second-order valence-corrected chi connectivity index (χ2v) is 8.90. The van der Waals surface area contributed by atoms with E-state index in [1.165, 1.54) is 0 Å². The maximum absolute atomic E-state index is 13.5.